The predicted octanol–water partition coefficient (Wildman–Crippen LogP) is 1.73. The lowest BCUT2D eigenvalue weighted by molar-refractivity contribution is 0.121. The first-order valence-electron chi connectivity index (χ1n) is 8.16. The van der Waals surface area contributed by atoms with Crippen molar-refractivity contribution in [3.63, 3.8) is 0 Å². The maximum Gasteiger partial charge on any atom is 0.446 e. The fourth-order valence-electron chi connectivity index (χ4n) is 2.79. The molecule has 1 heterocycles. The van der Waals surface area contributed by atoms with Crippen molar-refractivity contribution in [3.8, 4) is 11.5 Å². The highest BCUT2D eigenvalue weighted by atomic mass is 32.3. The standard InChI is InChI=1S/C18H15NO9S2/c20-18(17-3-1-2-12-19-17,13-4-8-15(9-5-13)27-29(21,22)23)14-6-10-16(11-7-14)28-30(24,25)26/h1-12,20H,(H,21,22,23)(H,24,25,26). The molecule has 0 saturated heterocycles. The molecule has 1 aromatic heterocycles. The molecule has 0 bridgehead atoms. The summed E-state index contributed by atoms with van der Waals surface area (Å²) in [7, 11) is -9.42. The summed E-state index contributed by atoms with van der Waals surface area (Å²) < 4.78 is 69.7. The zero-order valence-corrected chi connectivity index (χ0v) is 16.6. The van der Waals surface area contributed by atoms with Crippen molar-refractivity contribution < 1.29 is 39.4 Å². The van der Waals surface area contributed by atoms with Gasteiger partial charge in [-0.05, 0) is 47.5 Å². The van der Waals surface area contributed by atoms with Crippen molar-refractivity contribution >= 4 is 20.8 Å². The van der Waals surface area contributed by atoms with Gasteiger partial charge >= 0.3 is 20.8 Å². The van der Waals surface area contributed by atoms with Crippen LogP contribution in [-0.4, -0.2) is 36.0 Å². The van der Waals surface area contributed by atoms with Crippen LogP contribution in [0.15, 0.2) is 72.9 Å². The Balaban J connectivity index is 2.07. The monoisotopic (exact) mass is 453 g/mol. The van der Waals surface area contributed by atoms with Gasteiger partial charge in [-0.25, -0.2) is 0 Å². The van der Waals surface area contributed by atoms with Crippen molar-refractivity contribution in [2.75, 3.05) is 0 Å². The molecule has 12 heteroatoms. The Morgan fingerprint density at radius 2 is 1.13 bits per heavy atom. The summed E-state index contributed by atoms with van der Waals surface area (Å²) in [4.78, 5) is 4.18. The Hall–Kier alpha value is -3.03. The first-order chi connectivity index (χ1) is 14.0. The molecule has 10 nitrogen and oxygen atoms in total. The SMILES string of the molecule is O=S(=O)(O)Oc1ccc(C(O)(c2ccc(OS(=O)(=O)O)cc2)c2ccccn2)cc1. The van der Waals surface area contributed by atoms with E-state index in [2.05, 4.69) is 13.4 Å². The van der Waals surface area contributed by atoms with Crippen LogP contribution in [0.2, 0.25) is 0 Å². The van der Waals surface area contributed by atoms with Crippen molar-refractivity contribution in [1.82, 2.24) is 4.98 Å². The molecule has 2 aromatic carbocycles. The summed E-state index contributed by atoms with van der Waals surface area (Å²) in [6.45, 7) is 0. The molecule has 0 aliphatic rings. The van der Waals surface area contributed by atoms with Gasteiger partial charge < -0.3 is 13.5 Å². The molecule has 3 aromatic rings. The lowest BCUT2D eigenvalue weighted by Crippen LogP contribution is -2.30. The Morgan fingerprint density at radius 3 is 1.47 bits per heavy atom. The first kappa shape index (κ1) is 21.7. The molecule has 0 saturated carbocycles. The van der Waals surface area contributed by atoms with Crippen LogP contribution < -0.4 is 8.37 Å². The van der Waals surface area contributed by atoms with E-state index in [1.165, 1.54) is 54.7 Å². The van der Waals surface area contributed by atoms with Crippen LogP contribution in [0.25, 0.3) is 0 Å². The van der Waals surface area contributed by atoms with E-state index in [4.69, 9.17) is 9.11 Å². The van der Waals surface area contributed by atoms with Crippen LogP contribution in [0.1, 0.15) is 16.8 Å². The second kappa shape index (κ2) is 8.01. The van der Waals surface area contributed by atoms with Gasteiger partial charge in [0, 0.05) is 6.20 Å². The lowest BCUT2D eigenvalue weighted by Gasteiger charge is -2.29. The average Bonchev–Trinajstić information content (AvgIpc) is 2.67. The van der Waals surface area contributed by atoms with E-state index in [9.17, 15) is 21.9 Å². The lowest BCUT2D eigenvalue weighted by atomic mass is 9.83. The van der Waals surface area contributed by atoms with Gasteiger partial charge in [0.2, 0.25) is 0 Å². The molecule has 158 valence electrons. The molecule has 0 atom stereocenters. The van der Waals surface area contributed by atoms with E-state index in [-0.39, 0.29) is 28.3 Å². The van der Waals surface area contributed by atoms with Crippen molar-refractivity contribution in [3.05, 3.63) is 89.7 Å². The van der Waals surface area contributed by atoms with Crippen LogP contribution in [0, 0.1) is 0 Å². The maximum absolute atomic E-state index is 11.6. The second-order valence-electron chi connectivity index (χ2n) is 6.00. The third-order valence-corrected chi connectivity index (χ3v) is 4.79. The molecular weight excluding hydrogens is 438 g/mol. The summed E-state index contributed by atoms with van der Waals surface area (Å²) in [6.07, 6.45) is 1.46. The van der Waals surface area contributed by atoms with E-state index >= 15 is 0 Å². The number of benzene rings is 2. The second-order valence-corrected chi connectivity index (χ2v) is 8.04. The largest absolute Gasteiger partial charge is 0.446 e. The number of nitrogens with zero attached hydrogens (tertiary/aromatic N) is 1. The van der Waals surface area contributed by atoms with E-state index in [0.717, 1.165) is 0 Å². The summed E-state index contributed by atoms with van der Waals surface area (Å²) in [5, 5.41) is 11.6. The predicted molar refractivity (Wildman–Crippen MR) is 104 cm³/mol. The van der Waals surface area contributed by atoms with Crippen molar-refractivity contribution in [2.24, 2.45) is 0 Å². The molecule has 30 heavy (non-hydrogen) atoms. The summed E-state index contributed by atoms with van der Waals surface area (Å²) in [6, 6.07) is 15.3. The van der Waals surface area contributed by atoms with Crippen LogP contribution >= 0.6 is 0 Å². The minimum absolute atomic E-state index is 0.179. The number of aromatic nitrogens is 1. The van der Waals surface area contributed by atoms with Gasteiger partial charge in [-0.2, -0.15) is 16.8 Å². The van der Waals surface area contributed by atoms with Gasteiger partial charge in [0.25, 0.3) is 0 Å². The molecular formula is C18H15NO9S2. The zero-order valence-electron chi connectivity index (χ0n) is 15.0. The Labute approximate surface area is 172 Å². The molecule has 0 aliphatic heterocycles. The van der Waals surface area contributed by atoms with E-state index in [0.29, 0.717) is 0 Å². The minimum atomic E-state index is -4.71. The Kier molecular flexibility index (Phi) is 5.78. The van der Waals surface area contributed by atoms with Crippen LogP contribution in [0.5, 0.6) is 11.5 Å². The number of aliphatic hydroxyl groups is 1. The number of hydrogen-bond acceptors (Lipinski definition) is 8. The van der Waals surface area contributed by atoms with Crippen molar-refractivity contribution in [2.45, 2.75) is 5.60 Å². The highest BCUT2D eigenvalue weighted by Crippen LogP contribution is 2.37. The molecule has 0 fully saturated rings. The van der Waals surface area contributed by atoms with Gasteiger partial charge in [-0.1, -0.05) is 30.3 Å². The van der Waals surface area contributed by atoms with Crippen molar-refractivity contribution in [1.29, 1.82) is 0 Å². The Bertz CT molecular complexity index is 1150. The third kappa shape index (κ3) is 5.11. The third-order valence-electron chi connectivity index (χ3n) is 3.98. The molecule has 0 spiro atoms. The van der Waals surface area contributed by atoms with E-state index in [1.54, 1.807) is 18.2 Å². The molecule has 0 unspecified atom stereocenters. The van der Waals surface area contributed by atoms with Crippen LogP contribution in [0.4, 0.5) is 0 Å². The summed E-state index contributed by atoms with van der Waals surface area (Å²) >= 11 is 0. The van der Waals surface area contributed by atoms with Crippen LogP contribution in [-0.2, 0) is 26.4 Å². The normalized spacial score (nSPS) is 12.4. The highest BCUT2D eigenvalue weighted by Gasteiger charge is 2.35. The van der Waals surface area contributed by atoms with Gasteiger partial charge in [-0.3, -0.25) is 14.1 Å². The molecule has 0 aliphatic carbocycles. The van der Waals surface area contributed by atoms with Crippen LogP contribution in [0.3, 0.4) is 0 Å². The smallest absolute Gasteiger partial charge is 0.374 e. The Morgan fingerprint density at radius 1 is 0.700 bits per heavy atom. The van der Waals surface area contributed by atoms with Gasteiger partial charge in [0.05, 0.1) is 5.69 Å². The number of rotatable bonds is 7. The topological polar surface area (TPSA) is 160 Å². The van der Waals surface area contributed by atoms with E-state index in [1.807, 2.05) is 0 Å². The maximum atomic E-state index is 11.6. The number of hydrogen-bond donors (Lipinski definition) is 3. The fourth-order valence-corrected chi connectivity index (χ4v) is 3.49. The van der Waals surface area contributed by atoms with Gasteiger partial charge in [-0.15, -0.1) is 0 Å². The first-order valence-corrected chi connectivity index (χ1v) is 10.9. The zero-order chi connectivity index (χ0) is 22.0. The fraction of sp³-hybridized carbons (Fsp3) is 0.0556. The van der Waals surface area contributed by atoms with Gasteiger partial charge in [0.1, 0.15) is 11.5 Å². The average molecular weight is 453 g/mol. The number of pyridine rings is 1. The highest BCUT2D eigenvalue weighted by molar-refractivity contribution is 7.81. The summed E-state index contributed by atoms with van der Waals surface area (Å²) in [5.41, 5.74) is -1.06. The quantitative estimate of drug-likeness (QED) is 0.449. The molecule has 3 N–H and O–H groups in total. The molecule has 3 rings (SSSR count). The van der Waals surface area contributed by atoms with E-state index < -0.39 is 26.4 Å². The van der Waals surface area contributed by atoms with Gasteiger partial charge in [0.15, 0.2) is 5.60 Å². The molecule has 0 radical (unpaired) electrons. The molecule has 0 amide bonds. The minimum Gasteiger partial charge on any atom is -0.374 e. The summed E-state index contributed by atoms with van der Waals surface area (Å²) in [5.74, 6) is -0.358.